The summed E-state index contributed by atoms with van der Waals surface area (Å²) >= 11 is 0. The van der Waals surface area contributed by atoms with Gasteiger partial charge in [0.25, 0.3) is 0 Å². The predicted molar refractivity (Wildman–Crippen MR) is 50.5 cm³/mol. The van der Waals surface area contributed by atoms with Crippen molar-refractivity contribution >= 4 is 11.4 Å². The van der Waals surface area contributed by atoms with Crippen molar-refractivity contribution in [1.29, 1.82) is 0 Å². The lowest BCUT2D eigenvalue weighted by molar-refractivity contribution is 0.307. The molecule has 5 nitrogen and oxygen atoms in total. The Labute approximate surface area is 76.5 Å². The molecule has 0 aliphatic rings. The van der Waals surface area contributed by atoms with Crippen molar-refractivity contribution in [1.82, 2.24) is 9.97 Å². The van der Waals surface area contributed by atoms with Crippen LogP contribution in [0.2, 0.25) is 0 Å². The highest BCUT2D eigenvalue weighted by Gasteiger charge is 1.90. The van der Waals surface area contributed by atoms with Crippen LogP contribution in [0.4, 0.5) is 5.69 Å². The van der Waals surface area contributed by atoms with Crippen molar-refractivity contribution in [3.63, 3.8) is 0 Å². The molecule has 0 saturated heterocycles. The molecule has 2 N–H and O–H groups in total. The first-order valence-corrected chi connectivity index (χ1v) is 3.98. The average molecular weight is 180 g/mol. The number of hydrazone groups is 1. The Morgan fingerprint density at radius 3 is 2.85 bits per heavy atom. The zero-order valence-electron chi connectivity index (χ0n) is 7.44. The SMILES string of the molecule is C/C(CCO)=N\Nc1cncnc1. The largest absolute Gasteiger partial charge is 0.396 e. The van der Waals surface area contributed by atoms with Gasteiger partial charge in [0, 0.05) is 18.7 Å². The van der Waals surface area contributed by atoms with Gasteiger partial charge < -0.3 is 5.11 Å². The second kappa shape index (κ2) is 5.21. The Kier molecular flexibility index (Phi) is 3.84. The summed E-state index contributed by atoms with van der Waals surface area (Å²) in [5.41, 5.74) is 4.36. The summed E-state index contributed by atoms with van der Waals surface area (Å²) in [6, 6.07) is 0. The number of anilines is 1. The number of hydrogen-bond donors (Lipinski definition) is 2. The molecule has 0 unspecified atom stereocenters. The van der Waals surface area contributed by atoms with Gasteiger partial charge in [0.2, 0.25) is 0 Å². The molecule has 0 saturated carbocycles. The first kappa shape index (κ1) is 9.60. The van der Waals surface area contributed by atoms with E-state index in [1.165, 1.54) is 6.33 Å². The maximum Gasteiger partial charge on any atom is 0.115 e. The van der Waals surface area contributed by atoms with Crippen LogP contribution in [0.25, 0.3) is 0 Å². The molecule has 0 spiro atoms. The molecule has 13 heavy (non-hydrogen) atoms. The summed E-state index contributed by atoms with van der Waals surface area (Å²) in [4.78, 5) is 7.63. The first-order chi connectivity index (χ1) is 6.33. The van der Waals surface area contributed by atoms with E-state index in [0.29, 0.717) is 6.42 Å². The minimum absolute atomic E-state index is 0.113. The Bertz CT molecular complexity index is 273. The van der Waals surface area contributed by atoms with Gasteiger partial charge in [-0.2, -0.15) is 5.10 Å². The molecule has 0 atom stereocenters. The van der Waals surface area contributed by atoms with Crippen LogP contribution in [0.5, 0.6) is 0 Å². The molecule has 1 heterocycles. The Morgan fingerprint density at radius 1 is 1.54 bits per heavy atom. The van der Waals surface area contributed by atoms with E-state index in [1.807, 2.05) is 6.92 Å². The van der Waals surface area contributed by atoms with Gasteiger partial charge in [0.15, 0.2) is 0 Å². The smallest absolute Gasteiger partial charge is 0.115 e. The standard InChI is InChI=1S/C8H12N4O/c1-7(2-3-13)11-12-8-4-9-6-10-5-8/h4-6,12-13H,2-3H2,1H3/b11-7+. The number of nitrogens with zero attached hydrogens (tertiary/aromatic N) is 3. The topological polar surface area (TPSA) is 70.4 Å². The molecule has 1 aromatic heterocycles. The number of hydrogen-bond acceptors (Lipinski definition) is 5. The number of rotatable bonds is 4. The second-order valence-electron chi connectivity index (χ2n) is 2.56. The van der Waals surface area contributed by atoms with Gasteiger partial charge in [-0.3, -0.25) is 5.43 Å². The molecular formula is C8H12N4O. The molecule has 0 aromatic carbocycles. The van der Waals surface area contributed by atoms with Gasteiger partial charge >= 0.3 is 0 Å². The van der Waals surface area contributed by atoms with E-state index < -0.39 is 0 Å². The third kappa shape index (κ3) is 3.62. The van der Waals surface area contributed by atoms with Crippen LogP contribution in [-0.2, 0) is 0 Å². The fraction of sp³-hybridized carbons (Fsp3) is 0.375. The zero-order chi connectivity index (χ0) is 9.52. The molecule has 0 fully saturated rings. The summed E-state index contributed by atoms with van der Waals surface area (Å²) in [5.74, 6) is 0. The van der Waals surface area contributed by atoms with Gasteiger partial charge in [-0.25, -0.2) is 9.97 Å². The number of aliphatic hydroxyl groups excluding tert-OH is 1. The first-order valence-electron chi connectivity index (χ1n) is 3.98. The normalized spacial score (nSPS) is 11.4. The molecule has 0 aliphatic carbocycles. The molecule has 1 aromatic rings. The number of aliphatic hydroxyl groups is 1. The maximum atomic E-state index is 8.60. The third-order valence-corrected chi connectivity index (χ3v) is 1.41. The van der Waals surface area contributed by atoms with Crippen LogP contribution < -0.4 is 5.43 Å². The summed E-state index contributed by atoms with van der Waals surface area (Å²) in [6.07, 6.45) is 5.28. The van der Waals surface area contributed by atoms with E-state index in [-0.39, 0.29) is 6.61 Å². The van der Waals surface area contributed by atoms with E-state index in [1.54, 1.807) is 12.4 Å². The molecular weight excluding hydrogens is 168 g/mol. The zero-order valence-corrected chi connectivity index (χ0v) is 7.44. The van der Waals surface area contributed by atoms with Crippen LogP contribution >= 0.6 is 0 Å². The van der Waals surface area contributed by atoms with Gasteiger partial charge in [0.05, 0.1) is 18.1 Å². The van der Waals surface area contributed by atoms with Crippen LogP contribution in [0, 0.1) is 0 Å². The number of nitrogens with one attached hydrogen (secondary N) is 1. The fourth-order valence-corrected chi connectivity index (χ4v) is 0.735. The monoisotopic (exact) mass is 180 g/mol. The van der Waals surface area contributed by atoms with Crippen LogP contribution in [0.15, 0.2) is 23.8 Å². The van der Waals surface area contributed by atoms with Gasteiger partial charge in [0.1, 0.15) is 6.33 Å². The highest BCUT2D eigenvalue weighted by Crippen LogP contribution is 2.00. The van der Waals surface area contributed by atoms with Crippen LogP contribution in [-0.4, -0.2) is 27.4 Å². The minimum atomic E-state index is 0.113. The molecule has 0 radical (unpaired) electrons. The maximum absolute atomic E-state index is 8.60. The van der Waals surface area contributed by atoms with E-state index in [2.05, 4.69) is 20.5 Å². The summed E-state index contributed by atoms with van der Waals surface area (Å²) in [6.45, 7) is 1.95. The lowest BCUT2D eigenvalue weighted by Gasteiger charge is -1.99. The van der Waals surface area contributed by atoms with E-state index in [0.717, 1.165) is 11.4 Å². The van der Waals surface area contributed by atoms with Gasteiger partial charge in [-0.15, -0.1) is 0 Å². The van der Waals surface area contributed by atoms with Crippen LogP contribution in [0.1, 0.15) is 13.3 Å². The van der Waals surface area contributed by atoms with Crippen molar-refractivity contribution in [2.24, 2.45) is 5.10 Å². The second-order valence-corrected chi connectivity index (χ2v) is 2.56. The Hall–Kier alpha value is -1.49. The lowest BCUT2D eigenvalue weighted by atomic mass is 10.3. The highest BCUT2D eigenvalue weighted by molar-refractivity contribution is 5.82. The average Bonchev–Trinajstić information content (AvgIpc) is 2.17. The highest BCUT2D eigenvalue weighted by atomic mass is 16.3. The third-order valence-electron chi connectivity index (χ3n) is 1.41. The lowest BCUT2D eigenvalue weighted by Crippen LogP contribution is -2.00. The van der Waals surface area contributed by atoms with E-state index in [9.17, 15) is 0 Å². The van der Waals surface area contributed by atoms with E-state index in [4.69, 9.17) is 5.11 Å². The van der Waals surface area contributed by atoms with Crippen molar-refractivity contribution in [2.75, 3.05) is 12.0 Å². The Balaban J connectivity index is 2.47. The molecule has 0 bridgehead atoms. The molecule has 0 amide bonds. The fourth-order valence-electron chi connectivity index (χ4n) is 0.735. The summed E-state index contributed by atoms with van der Waals surface area (Å²) in [7, 11) is 0. The molecule has 70 valence electrons. The quantitative estimate of drug-likeness (QED) is 0.527. The van der Waals surface area contributed by atoms with Crippen molar-refractivity contribution < 1.29 is 5.11 Å². The molecule has 1 rings (SSSR count). The summed E-state index contributed by atoms with van der Waals surface area (Å²) < 4.78 is 0. The van der Waals surface area contributed by atoms with E-state index >= 15 is 0 Å². The van der Waals surface area contributed by atoms with Crippen molar-refractivity contribution in [3.8, 4) is 0 Å². The predicted octanol–water partition coefficient (Wildman–Crippen LogP) is 0.647. The van der Waals surface area contributed by atoms with Crippen LogP contribution in [0.3, 0.4) is 0 Å². The summed E-state index contributed by atoms with van der Waals surface area (Å²) in [5, 5.41) is 12.6. The Morgan fingerprint density at radius 2 is 2.23 bits per heavy atom. The molecule has 5 heteroatoms. The van der Waals surface area contributed by atoms with Gasteiger partial charge in [-0.1, -0.05) is 0 Å². The van der Waals surface area contributed by atoms with Crippen molar-refractivity contribution in [3.05, 3.63) is 18.7 Å². The van der Waals surface area contributed by atoms with Gasteiger partial charge in [-0.05, 0) is 6.92 Å². The molecule has 0 aliphatic heterocycles. The van der Waals surface area contributed by atoms with Crippen molar-refractivity contribution in [2.45, 2.75) is 13.3 Å². The number of aromatic nitrogens is 2. The minimum Gasteiger partial charge on any atom is -0.396 e.